The molecule has 2 heterocycles. The minimum absolute atomic E-state index is 0.0767. The summed E-state index contributed by atoms with van der Waals surface area (Å²) < 4.78 is 32.9. The standard InChI is InChI=1S/C28H53NO7Si2/c1-25(2,3)34-24(31)29-18-16-17(23(29)30)19(35-37(12,13)26(4,5)6)21-22(33-28(10,11)32-21)20(18)36-38(14,15)27(7,8)9/h17-22H,16H2,1-15H3/t17-,18+,19+,20-,21-,22-/m0/s1. The van der Waals surface area contributed by atoms with Gasteiger partial charge < -0.3 is 23.1 Å². The van der Waals surface area contributed by atoms with E-state index in [1.165, 1.54) is 4.90 Å². The first-order valence-electron chi connectivity index (χ1n) is 14.1. The fourth-order valence-electron chi connectivity index (χ4n) is 5.00. The van der Waals surface area contributed by atoms with E-state index < -0.39 is 70.5 Å². The van der Waals surface area contributed by atoms with Gasteiger partial charge in [0.25, 0.3) is 0 Å². The predicted molar refractivity (Wildman–Crippen MR) is 153 cm³/mol. The summed E-state index contributed by atoms with van der Waals surface area (Å²) in [6, 6.07) is -0.533. The number of fused-ring (bicyclic) bond motifs is 3. The molecule has 3 fully saturated rings. The highest BCUT2D eigenvalue weighted by Crippen LogP contribution is 2.50. The van der Waals surface area contributed by atoms with E-state index in [0.29, 0.717) is 6.42 Å². The van der Waals surface area contributed by atoms with Crippen LogP contribution in [-0.4, -0.2) is 75.4 Å². The van der Waals surface area contributed by atoms with Gasteiger partial charge in [-0.2, -0.15) is 0 Å². The Bertz CT molecular complexity index is 929. The number of ether oxygens (including phenoxy) is 3. The van der Waals surface area contributed by atoms with Crippen LogP contribution in [0.3, 0.4) is 0 Å². The van der Waals surface area contributed by atoms with Crippen LogP contribution < -0.4 is 0 Å². The molecule has 0 unspecified atom stereocenters. The van der Waals surface area contributed by atoms with Crippen LogP contribution in [0.5, 0.6) is 0 Å². The Hall–Kier alpha value is -0.786. The second kappa shape index (κ2) is 9.65. The van der Waals surface area contributed by atoms with E-state index >= 15 is 0 Å². The van der Waals surface area contributed by atoms with Crippen molar-refractivity contribution in [2.45, 2.75) is 161 Å². The first-order chi connectivity index (χ1) is 16.8. The molecule has 0 aromatic rings. The normalized spacial score (nSPS) is 32.3. The van der Waals surface area contributed by atoms with Crippen LogP contribution in [0.2, 0.25) is 36.3 Å². The van der Waals surface area contributed by atoms with Crippen molar-refractivity contribution in [2.24, 2.45) is 5.92 Å². The molecule has 8 nitrogen and oxygen atoms in total. The van der Waals surface area contributed by atoms with Gasteiger partial charge in [-0.15, -0.1) is 0 Å². The molecule has 6 atom stereocenters. The van der Waals surface area contributed by atoms with Crippen LogP contribution in [0.15, 0.2) is 0 Å². The molecular weight excluding hydrogens is 518 g/mol. The predicted octanol–water partition coefficient (Wildman–Crippen LogP) is 6.45. The zero-order valence-corrected chi connectivity index (χ0v) is 28.5. The first-order valence-corrected chi connectivity index (χ1v) is 19.9. The zero-order chi connectivity index (χ0) is 29.4. The summed E-state index contributed by atoms with van der Waals surface area (Å²) in [5, 5.41) is -0.160. The average Bonchev–Trinajstić information content (AvgIpc) is 3.14. The second-order valence-electron chi connectivity index (χ2n) is 15.8. The van der Waals surface area contributed by atoms with E-state index in [1.807, 2.05) is 34.6 Å². The summed E-state index contributed by atoms with van der Waals surface area (Å²) in [6.45, 7) is 31.0. The molecular formula is C28H53NO7Si2. The monoisotopic (exact) mass is 571 g/mol. The quantitative estimate of drug-likeness (QED) is 0.358. The highest BCUT2D eigenvalue weighted by Gasteiger charge is 2.65. The van der Waals surface area contributed by atoms with E-state index in [0.717, 1.165) is 0 Å². The SMILES string of the molecule is CC(C)(C)OC(=O)N1C(=O)[C@H]2C[C@@H]1[C@H](O[Si](C)(C)C(C)(C)C)[C@@H]1OC(C)(C)O[C@H]1[C@@H]2O[Si](C)(C)C(C)(C)C. The number of carbonyl (C=O) groups is 2. The lowest BCUT2D eigenvalue weighted by atomic mass is 9.96. The van der Waals surface area contributed by atoms with Gasteiger partial charge in [0.15, 0.2) is 22.4 Å². The molecule has 2 amide bonds. The molecule has 38 heavy (non-hydrogen) atoms. The van der Waals surface area contributed by atoms with Crippen LogP contribution in [0.25, 0.3) is 0 Å². The number of imide groups is 1. The smallest absolute Gasteiger partial charge is 0.417 e. The molecule has 3 rings (SSSR count). The highest BCUT2D eigenvalue weighted by atomic mass is 28.4. The number of rotatable bonds is 4. The van der Waals surface area contributed by atoms with Crippen molar-refractivity contribution in [3.63, 3.8) is 0 Å². The summed E-state index contributed by atoms with van der Waals surface area (Å²) in [6.07, 6.45) is -2.32. The van der Waals surface area contributed by atoms with Crippen molar-refractivity contribution in [1.82, 2.24) is 4.90 Å². The van der Waals surface area contributed by atoms with Crippen LogP contribution in [0.1, 0.15) is 82.6 Å². The van der Waals surface area contributed by atoms with Crippen molar-refractivity contribution in [2.75, 3.05) is 0 Å². The molecule has 2 saturated heterocycles. The van der Waals surface area contributed by atoms with Crippen molar-refractivity contribution < 1.29 is 32.7 Å². The molecule has 1 saturated carbocycles. The Morgan fingerprint density at radius 3 is 1.68 bits per heavy atom. The molecule has 0 N–H and O–H groups in total. The number of amides is 2. The summed E-state index contributed by atoms with van der Waals surface area (Å²) in [4.78, 5) is 28.9. The molecule has 10 heteroatoms. The van der Waals surface area contributed by atoms with Crippen molar-refractivity contribution >= 4 is 28.6 Å². The van der Waals surface area contributed by atoms with Crippen LogP contribution in [0, 0.1) is 5.92 Å². The lowest BCUT2D eigenvalue weighted by Crippen LogP contribution is -2.61. The number of likely N-dealkylation sites (tertiary alicyclic amines) is 1. The molecule has 0 aromatic heterocycles. The van der Waals surface area contributed by atoms with Gasteiger partial charge in [0, 0.05) is 0 Å². The van der Waals surface area contributed by atoms with Gasteiger partial charge in [0.05, 0.1) is 24.2 Å². The summed E-state index contributed by atoms with van der Waals surface area (Å²) in [5.41, 5.74) is -0.742. The Morgan fingerprint density at radius 1 is 0.842 bits per heavy atom. The zero-order valence-electron chi connectivity index (χ0n) is 26.5. The third kappa shape index (κ3) is 6.10. The Kier molecular flexibility index (Phi) is 8.06. The van der Waals surface area contributed by atoms with E-state index in [2.05, 4.69) is 67.7 Å². The topological polar surface area (TPSA) is 83.5 Å². The summed E-state index contributed by atoms with van der Waals surface area (Å²) in [7, 11) is -4.68. The number of carbonyl (C=O) groups excluding carboxylic acids is 2. The highest BCUT2D eigenvalue weighted by molar-refractivity contribution is 6.74. The van der Waals surface area contributed by atoms with Crippen LogP contribution in [0.4, 0.5) is 4.79 Å². The molecule has 2 aliphatic heterocycles. The number of hydrogen-bond acceptors (Lipinski definition) is 7. The molecule has 3 aliphatic rings. The van der Waals surface area contributed by atoms with Gasteiger partial charge in [-0.25, -0.2) is 9.69 Å². The van der Waals surface area contributed by atoms with E-state index in [1.54, 1.807) is 0 Å². The first kappa shape index (κ1) is 31.7. The van der Waals surface area contributed by atoms with Gasteiger partial charge >= 0.3 is 6.09 Å². The van der Waals surface area contributed by atoms with E-state index in [4.69, 9.17) is 23.1 Å². The molecule has 220 valence electrons. The van der Waals surface area contributed by atoms with Crippen molar-refractivity contribution in [3.8, 4) is 0 Å². The molecule has 0 spiro atoms. The Morgan fingerprint density at radius 2 is 1.26 bits per heavy atom. The summed E-state index contributed by atoms with van der Waals surface area (Å²) >= 11 is 0. The van der Waals surface area contributed by atoms with Crippen LogP contribution >= 0.6 is 0 Å². The minimum Gasteiger partial charge on any atom is -0.443 e. The van der Waals surface area contributed by atoms with Crippen LogP contribution in [-0.2, 0) is 27.9 Å². The maximum absolute atomic E-state index is 14.1. The van der Waals surface area contributed by atoms with Gasteiger partial charge in [0.2, 0.25) is 5.91 Å². The molecule has 0 radical (unpaired) electrons. The largest absolute Gasteiger partial charge is 0.443 e. The Balaban J connectivity index is 2.16. The maximum Gasteiger partial charge on any atom is 0.417 e. The second-order valence-corrected chi connectivity index (χ2v) is 25.4. The average molecular weight is 572 g/mol. The lowest BCUT2D eigenvalue weighted by molar-refractivity contribution is -0.164. The molecule has 1 aliphatic carbocycles. The molecule has 2 bridgehead atoms. The lowest BCUT2D eigenvalue weighted by Gasteiger charge is -2.45. The fraction of sp³-hybridized carbons (Fsp3) is 0.929. The Labute approximate surface area is 232 Å². The maximum atomic E-state index is 14.1. The fourth-order valence-corrected chi connectivity index (χ4v) is 7.66. The van der Waals surface area contributed by atoms with E-state index in [9.17, 15) is 9.59 Å². The molecule has 0 aromatic carbocycles. The summed E-state index contributed by atoms with van der Waals surface area (Å²) in [5.74, 6) is -1.71. The number of nitrogens with zero attached hydrogens (tertiary/aromatic N) is 1. The van der Waals surface area contributed by atoms with Gasteiger partial charge in [0.1, 0.15) is 17.8 Å². The van der Waals surface area contributed by atoms with Crippen molar-refractivity contribution in [3.05, 3.63) is 0 Å². The third-order valence-corrected chi connectivity index (χ3v) is 18.0. The number of hydrogen-bond donors (Lipinski definition) is 0. The van der Waals surface area contributed by atoms with Crippen molar-refractivity contribution in [1.29, 1.82) is 0 Å². The van der Waals surface area contributed by atoms with Gasteiger partial charge in [-0.05, 0) is 77.3 Å². The minimum atomic E-state index is -2.35. The van der Waals surface area contributed by atoms with Gasteiger partial charge in [-0.3, -0.25) is 4.79 Å². The van der Waals surface area contributed by atoms with Gasteiger partial charge in [-0.1, -0.05) is 41.5 Å². The third-order valence-electron chi connectivity index (χ3n) is 9.03. The van der Waals surface area contributed by atoms with E-state index in [-0.39, 0.29) is 16.0 Å².